The molecule has 0 aliphatic rings. The highest BCUT2D eigenvalue weighted by Gasteiger charge is 2.14. The maximum absolute atomic E-state index is 9.56. The van der Waals surface area contributed by atoms with E-state index in [0.717, 1.165) is 12.2 Å². The van der Waals surface area contributed by atoms with Crippen molar-refractivity contribution in [3.8, 4) is 0 Å². The van der Waals surface area contributed by atoms with Crippen molar-refractivity contribution in [2.24, 2.45) is 5.92 Å². The lowest BCUT2D eigenvalue weighted by atomic mass is 10.1. The minimum absolute atomic E-state index is 0.130. The zero-order valence-electron chi connectivity index (χ0n) is 8.92. The van der Waals surface area contributed by atoms with Crippen LogP contribution in [0.2, 0.25) is 0 Å². The molecule has 0 bridgehead atoms. The molecule has 0 aliphatic heterocycles. The van der Waals surface area contributed by atoms with E-state index in [-0.39, 0.29) is 10.9 Å². The zero-order chi connectivity index (χ0) is 9.78. The molecule has 1 atom stereocenters. The van der Waals surface area contributed by atoms with Crippen LogP contribution in [0.15, 0.2) is 0 Å². The highest BCUT2D eigenvalue weighted by Crippen LogP contribution is 2.24. The fraction of sp³-hybridized carbons (Fsp3) is 1.00. The molecule has 0 aliphatic carbocycles. The molecule has 74 valence electrons. The van der Waals surface area contributed by atoms with Gasteiger partial charge in [0.2, 0.25) is 0 Å². The van der Waals surface area contributed by atoms with Crippen molar-refractivity contribution in [3.05, 3.63) is 0 Å². The van der Waals surface area contributed by atoms with E-state index in [9.17, 15) is 5.11 Å². The molecular formula is C10H22OS. The molecule has 0 fully saturated rings. The Morgan fingerprint density at radius 3 is 2.08 bits per heavy atom. The third kappa shape index (κ3) is 8.41. The largest absolute Gasteiger partial charge is 0.392 e. The van der Waals surface area contributed by atoms with E-state index in [4.69, 9.17) is 0 Å². The number of hydrogen-bond donors (Lipinski definition) is 1. The number of aliphatic hydroxyl groups excluding tert-OH is 1. The average molecular weight is 190 g/mol. The third-order valence-electron chi connectivity index (χ3n) is 1.45. The molecule has 0 aromatic carbocycles. The quantitative estimate of drug-likeness (QED) is 0.735. The number of rotatable bonds is 4. The predicted octanol–water partition coefficient (Wildman–Crippen LogP) is 2.93. The van der Waals surface area contributed by atoms with Crippen LogP contribution in [0.4, 0.5) is 0 Å². The molecule has 1 nitrogen and oxygen atoms in total. The summed E-state index contributed by atoms with van der Waals surface area (Å²) in [5.41, 5.74) is 0. The van der Waals surface area contributed by atoms with Crippen molar-refractivity contribution in [2.45, 2.75) is 51.9 Å². The lowest BCUT2D eigenvalue weighted by Crippen LogP contribution is -2.18. The summed E-state index contributed by atoms with van der Waals surface area (Å²) >= 11 is 1.83. The van der Waals surface area contributed by atoms with E-state index in [2.05, 4.69) is 34.6 Å². The van der Waals surface area contributed by atoms with E-state index in [0.29, 0.717) is 5.92 Å². The van der Waals surface area contributed by atoms with Crippen LogP contribution in [0.1, 0.15) is 41.0 Å². The zero-order valence-corrected chi connectivity index (χ0v) is 9.74. The Morgan fingerprint density at radius 1 is 1.25 bits per heavy atom. The molecule has 2 heteroatoms. The van der Waals surface area contributed by atoms with Gasteiger partial charge in [-0.25, -0.2) is 0 Å². The van der Waals surface area contributed by atoms with E-state index in [1.165, 1.54) is 0 Å². The Labute approximate surface area is 80.9 Å². The molecular weight excluding hydrogens is 168 g/mol. The average Bonchev–Trinajstić information content (AvgIpc) is 1.80. The summed E-state index contributed by atoms with van der Waals surface area (Å²) < 4.78 is 0.276. The summed E-state index contributed by atoms with van der Waals surface area (Å²) in [4.78, 5) is 0. The van der Waals surface area contributed by atoms with Crippen LogP contribution in [-0.4, -0.2) is 21.7 Å². The van der Waals surface area contributed by atoms with Crippen LogP contribution in [0.5, 0.6) is 0 Å². The topological polar surface area (TPSA) is 20.2 Å². The van der Waals surface area contributed by atoms with E-state index in [1.807, 2.05) is 11.8 Å². The van der Waals surface area contributed by atoms with Crippen molar-refractivity contribution >= 4 is 11.8 Å². The second kappa shape index (κ2) is 5.13. The third-order valence-corrected chi connectivity index (χ3v) is 2.87. The van der Waals surface area contributed by atoms with Crippen LogP contribution in [0, 0.1) is 5.92 Å². The summed E-state index contributed by atoms with van der Waals surface area (Å²) in [5, 5.41) is 9.56. The molecule has 0 aromatic heterocycles. The van der Waals surface area contributed by atoms with Gasteiger partial charge in [-0.05, 0) is 12.3 Å². The van der Waals surface area contributed by atoms with Gasteiger partial charge in [0.1, 0.15) is 0 Å². The summed E-state index contributed by atoms with van der Waals surface area (Å²) in [6, 6.07) is 0. The molecule has 1 N–H and O–H groups in total. The standard InChI is InChI=1S/C10H22OS/c1-8(2)6-9(11)7-12-10(3,4)5/h8-9,11H,6-7H2,1-5H3. The fourth-order valence-corrected chi connectivity index (χ4v) is 1.79. The summed E-state index contributed by atoms with van der Waals surface area (Å²) in [6.07, 6.45) is 0.789. The Morgan fingerprint density at radius 2 is 1.75 bits per heavy atom. The molecule has 0 rings (SSSR count). The molecule has 0 spiro atoms. The van der Waals surface area contributed by atoms with Crippen molar-refractivity contribution in [3.63, 3.8) is 0 Å². The van der Waals surface area contributed by atoms with Gasteiger partial charge in [0.25, 0.3) is 0 Å². The van der Waals surface area contributed by atoms with Gasteiger partial charge < -0.3 is 5.11 Å². The van der Waals surface area contributed by atoms with Crippen LogP contribution >= 0.6 is 11.8 Å². The van der Waals surface area contributed by atoms with Gasteiger partial charge in [0.05, 0.1) is 6.10 Å². The molecule has 0 heterocycles. The highest BCUT2D eigenvalue weighted by molar-refractivity contribution is 8.00. The Hall–Kier alpha value is 0.310. The highest BCUT2D eigenvalue weighted by atomic mass is 32.2. The van der Waals surface area contributed by atoms with Crippen molar-refractivity contribution in [1.29, 1.82) is 0 Å². The molecule has 0 radical (unpaired) electrons. The molecule has 0 saturated heterocycles. The van der Waals surface area contributed by atoms with Gasteiger partial charge in [-0.2, -0.15) is 11.8 Å². The first-order chi connectivity index (χ1) is 5.31. The first kappa shape index (κ1) is 12.3. The summed E-state index contributed by atoms with van der Waals surface area (Å²) in [7, 11) is 0. The van der Waals surface area contributed by atoms with Gasteiger partial charge in [-0.1, -0.05) is 34.6 Å². The normalized spacial score (nSPS) is 15.2. The first-order valence-electron chi connectivity index (χ1n) is 4.63. The first-order valence-corrected chi connectivity index (χ1v) is 5.62. The minimum Gasteiger partial charge on any atom is -0.392 e. The monoisotopic (exact) mass is 190 g/mol. The van der Waals surface area contributed by atoms with Gasteiger partial charge >= 0.3 is 0 Å². The predicted molar refractivity (Wildman–Crippen MR) is 57.7 cm³/mol. The number of thioether (sulfide) groups is 1. The number of hydrogen-bond acceptors (Lipinski definition) is 2. The fourth-order valence-electron chi connectivity index (χ4n) is 0.958. The van der Waals surface area contributed by atoms with E-state index < -0.39 is 0 Å². The Bertz CT molecular complexity index is 115. The Kier molecular flexibility index (Phi) is 5.26. The van der Waals surface area contributed by atoms with Crippen LogP contribution < -0.4 is 0 Å². The van der Waals surface area contributed by atoms with Gasteiger partial charge in [0.15, 0.2) is 0 Å². The smallest absolute Gasteiger partial charge is 0.0633 e. The van der Waals surface area contributed by atoms with Crippen molar-refractivity contribution in [2.75, 3.05) is 5.75 Å². The van der Waals surface area contributed by atoms with Crippen LogP contribution in [0.25, 0.3) is 0 Å². The molecule has 0 amide bonds. The minimum atomic E-state index is -0.130. The van der Waals surface area contributed by atoms with E-state index >= 15 is 0 Å². The molecule has 0 saturated carbocycles. The molecule has 0 aromatic rings. The van der Waals surface area contributed by atoms with Crippen molar-refractivity contribution < 1.29 is 5.11 Å². The summed E-state index contributed by atoms with van der Waals surface area (Å²) in [6.45, 7) is 10.8. The summed E-state index contributed by atoms with van der Waals surface area (Å²) in [5.74, 6) is 1.46. The SMILES string of the molecule is CC(C)CC(O)CSC(C)(C)C. The van der Waals surface area contributed by atoms with Crippen molar-refractivity contribution in [1.82, 2.24) is 0 Å². The van der Waals surface area contributed by atoms with Gasteiger partial charge in [0, 0.05) is 10.5 Å². The molecule has 1 unspecified atom stereocenters. The number of aliphatic hydroxyl groups is 1. The maximum atomic E-state index is 9.56. The maximum Gasteiger partial charge on any atom is 0.0633 e. The van der Waals surface area contributed by atoms with Crippen LogP contribution in [0.3, 0.4) is 0 Å². The second-order valence-corrected chi connectivity index (χ2v) is 6.55. The van der Waals surface area contributed by atoms with E-state index in [1.54, 1.807) is 0 Å². The lowest BCUT2D eigenvalue weighted by Gasteiger charge is -2.20. The molecule has 12 heavy (non-hydrogen) atoms. The second-order valence-electron chi connectivity index (χ2n) is 4.71. The van der Waals surface area contributed by atoms with Crippen LogP contribution in [-0.2, 0) is 0 Å². The Balaban J connectivity index is 3.51. The van der Waals surface area contributed by atoms with Gasteiger partial charge in [-0.3, -0.25) is 0 Å². The lowest BCUT2D eigenvalue weighted by molar-refractivity contribution is 0.172. The van der Waals surface area contributed by atoms with Gasteiger partial charge in [-0.15, -0.1) is 0 Å².